The number of rotatable bonds is 6. The predicted octanol–water partition coefficient (Wildman–Crippen LogP) is 2.30. The van der Waals surface area contributed by atoms with Gasteiger partial charge in [0.05, 0.1) is 19.7 Å². The number of hydrogen-bond acceptors (Lipinski definition) is 3. The second kappa shape index (κ2) is 7.98. The zero-order valence-corrected chi connectivity index (χ0v) is 13.2. The van der Waals surface area contributed by atoms with Crippen molar-refractivity contribution in [3.05, 3.63) is 65.7 Å². The molecule has 2 aromatic carbocycles. The van der Waals surface area contributed by atoms with Gasteiger partial charge in [0.15, 0.2) is 0 Å². The predicted molar refractivity (Wildman–Crippen MR) is 88.3 cm³/mol. The van der Waals surface area contributed by atoms with Crippen LogP contribution in [-0.2, 0) is 4.79 Å². The second-order valence-electron chi connectivity index (χ2n) is 5.11. The number of hydrogen-bond donors (Lipinski definition) is 2. The van der Waals surface area contributed by atoms with Crippen molar-refractivity contribution in [2.45, 2.75) is 13.0 Å². The van der Waals surface area contributed by atoms with E-state index in [0.717, 1.165) is 5.56 Å². The van der Waals surface area contributed by atoms with E-state index >= 15 is 0 Å². The summed E-state index contributed by atoms with van der Waals surface area (Å²) in [5.74, 6) is 0.148. The maximum Gasteiger partial charge on any atom is 0.251 e. The highest BCUT2D eigenvalue weighted by atomic mass is 16.5. The summed E-state index contributed by atoms with van der Waals surface area (Å²) in [6.45, 7) is 1.83. The van der Waals surface area contributed by atoms with E-state index in [1.54, 1.807) is 31.4 Å². The molecule has 5 nitrogen and oxygen atoms in total. The lowest BCUT2D eigenvalue weighted by Gasteiger charge is -2.14. The summed E-state index contributed by atoms with van der Waals surface area (Å²) >= 11 is 0. The highest BCUT2D eigenvalue weighted by Gasteiger charge is 2.11. The summed E-state index contributed by atoms with van der Waals surface area (Å²) in [6.07, 6.45) is 0. The monoisotopic (exact) mass is 312 g/mol. The number of carbonyl (C=O) groups excluding carboxylic acids is 2. The Morgan fingerprint density at radius 1 is 1.04 bits per heavy atom. The summed E-state index contributed by atoms with van der Waals surface area (Å²) in [7, 11) is 1.56. The molecular formula is C18H20N2O3. The molecule has 5 heteroatoms. The van der Waals surface area contributed by atoms with Gasteiger partial charge in [-0.15, -0.1) is 0 Å². The molecular weight excluding hydrogens is 292 g/mol. The van der Waals surface area contributed by atoms with Crippen LogP contribution in [0.3, 0.4) is 0 Å². The second-order valence-corrected chi connectivity index (χ2v) is 5.11. The maximum atomic E-state index is 12.0. The zero-order valence-electron chi connectivity index (χ0n) is 13.2. The van der Waals surface area contributed by atoms with E-state index in [-0.39, 0.29) is 24.4 Å². The number of nitrogens with one attached hydrogen (secondary N) is 2. The molecule has 0 fully saturated rings. The minimum Gasteiger partial charge on any atom is -0.497 e. The van der Waals surface area contributed by atoms with E-state index < -0.39 is 0 Å². The Kier molecular flexibility index (Phi) is 5.74. The standard InChI is InChI=1S/C18H20N2O3/c1-13(14-6-4-3-5-7-14)20-17(21)12-19-18(22)15-8-10-16(23-2)11-9-15/h3-11,13H,12H2,1-2H3,(H,19,22)(H,20,21). The van der Waals surface area contributed by atoms with Gasteiger partial charge in [0.2, 0.25) is 5.91 Å². The van der Waals surface area contributed by atoms with Crippen LogP contribution in [0.5, 0.6) is 5.75 Å². The number of amides is 2. The summed E-state index contributed by atoms with van der Waals surface area (Å²) < 4.78 is 5.04. The number of carbonyl (C=O) groups is 2. The molecule has 1 unspecified atom stereocenters. The molecule has 1 atom stereocenters. The van der Waals surface area contributed by atoms with Crippen molar-refractivity contribution >= 4 is 11.8 Å². The molecule has 0 aliphatic carbocycles. The minimum absolute atomic E-state index is 0.0674. The molecule has 0 radical (unpaired) electrons. The number of benzene rings is 2. The van der Waals surface area contributed by atoms with E-state index in [9.17, 15) is 9.59 Å². The Morgan fingerprint density at radius 3 is 2.30 bits per heavy atom. The lowest BCUT2D eigenvalue weighted by molar-refractivity contribution is -0.120. The van der Waals surface area contributed by atoms with E-state index in [2.05, 4.69) is 10.6 Å². The molecule has 0 aliphatic rings. The number of ether oxygens (including phenoxy) is 1. The molecule has 0 aliphatic heterocycles. The number of methoxy groups -OCH3 is 1. The summed E-state index contributed by atoms with van der Waals surface area (Å²) in [6, 6.07) is 16.2. The van der Waals surface area contributed by atoms with Gasteiger partial charge in [-0.2, -0.15) is 0 Å². The summed E-state index contributed by atoms with van der Waals surface area (Å²) in [5, 5.41) is 5.45. The van der Waals surface area contributed by atoms with Crippen LogP contribution < -0.4 is 15.4 Å². The Labute approximate surface area is 135 Å². The van der Waals surface area contributed by atoms with Gasteiger partial charge in [0, 0.05) is 5.56 Å². The Morgan fingerprint density at radius 2 is 1.70 bits per heavy atom. The minimum atomic E-state index is -0.296. The summed E-state index contributed by atoms with van der Waals surface area (Å²) in [5.41, 5.74) is 1.50. The Bertz CT molecular complexity index is 654. The van der Waals surface area contributed by atoms with Gasteiger partial charge in [-0.1, -0.05) is 30.3 Å². The molecule has 120 valence electrons. The molecule has 2 rings (SSSR count). The van der Waals surface area contributed by atoms with Crippen LogP contribution in [0.2, 0.25) is 0 Å². The average molecular weight is 312 g/mol. The topological polar surface area (TPSA) is 67.4 Å². The first kappa shape index (κ1) is 16.5. The molecule has 2 N–H and O–H groups in total. The third kappa shape index (κ3) is 4.85. The maximum absolute atomic E-state index is 12.0. The molecule has 2 aromatic rings. The zero-order chi connectivity index (χ0) is 16.7. The molecule has 0 aromatic heterocycles. The van der Waals surface area contributed by atoms with Crippen LogP contribution in [0.4, 0.5) is 0 Å². The van der Waals surface area contributed by atoms with Crippen LogP contribution in [-0.4, -0.2) is 25.5 Å². The first-order valence-corrected chi connectivity index (χ1v) is 7.36. The van der Waals surface area contributed by atoms with Crippen LogP contribution in [0.15, 0.2) is 54.6 Å². The fourth-order valence-electron chi connectivity index (χ4n) is 2.12. The van der Waals surface area contributed by atoms with E-state index in [1.807, 2.05) is 37.3 Å². The average Bonchev–Trinajstić information content (AvgIpc) is 2.60. The van der Waals surface area contributed by atoms with Gasteiger partial charge >= 0.3 is 0 Å². The van der Waals surface area contributed by atoms with E-state index in [1.165, 1.54) is 0 Å². The van der Waals surface area contributed by atoms with Crippen molar-refractivity contribution < 1.29 is 14.3 Å². The van der Waals surface area contributed by atoms with Crippen molar-refractivity contribution in [1.82, 2.24) is 10.6 Å². The van der Waals surface area contributed by atoms with Crippen molar-refractivity contribution in [2.75, 3.05) is 13.7 Å². The van der Waals surface area contributed by atoms with Gasteiger partial charge in [-0.3, -0.25) is 9.59 Å². The highest BCUT2D eigenvalue weighted by Crippen LogP contribution is 2.12. The summed E-state index contributed by atoms with van der Waals surface area (Å²) in [4.78, 5) is 23.9. The smallest absolute Gasteiger partial charge is 0.251 e. The van der Waals surface area contributed by atoms with Crippen molar-refractivity contribution in [1.29, 1.82) is 0 Å². The normalized spacial score (nSPS) is 11.4. The molecule has 0 saturated carbocycles. The molecule has 0 heterocycles. The van der Waals surface area contributed by atoms with Gasteiger partial charge < -0.3 is 15.4 Å². The van der Waals surface area contributed by atoms with E-state index in [4.69, 9.17) is 4.74 Å². The molecule has 23 heavy (non-hydrogen) atoms. The van der Waals surface area contributed by atoms with Crippen LogP contribution in [0.1, 0.15) is 28.9 Å². The first-order valence-electron chi connectivity index (χ1n) is 7.36. The fraction of sp³-hybridized carbons (Fsp3) is 0.222. The fourth-order valence-corrected chi connectivity index (χ4v) is 2.12. The van der Waals surface area contributed by atoms with Crippen LogP contribution >= 0.6 is 0 Å². The lowest BCUT2D eigenvalue weighted by atomic mass is 10.1. The first-order chi connectivity index (χ1) is 11.1. The van der Waals surface area contributed by atoms with Crippen molar-refractivity contribution in [2.24, 2.45) is 0 Å². The highest BCUT2D eigenvalue weighted by molar-refractivity contribution is 5.96. The van der Waals surface area contributed by atoms with Gasteiger partial charge in [-0.25, -0.2) is 0 Å². The largest absolute Gasteiger partial charge is 0.497 e. The van der Waals surface area contributed by atoms with E-state index in [0.29, 0.717) is 11.3 Å². The molecule has 0 saturated heterocycles. The third-order valence-corrected chi connectivity index (χ3v) is 3.44. The van der Waals surface area contributed by atoms with Crippen LogP contribution in [0, 0.1) is 0 Å². The van der Waals surface area contributed by atoms with Gasteiger partial charge in [0.1, 0.15) is 5.75 Å². The SMILES string of the molecule is COc1ccc(C(=O)NCC(=O)NC(C)c2ccccc2)cc1. The molecule has 0 bridgehead atoms. The van der Waals surface area contributed by atoms with Crippen molar-refractivity contribution in [3.63, 3.8) is 0 Å². The Balaban J connectivity index is 1.82. The third-order valence-electron chi connectivity index (χ3n) is 3.44. The molecule has 2 amide bonds. The van der Waals surface area contributed by atoms with Gasteiger partial charge in [0.25, 0.3) is 5.91 Å². The van der Waals surface area contributed by atoms with Gasteiger partial charge in [-0.05, 0) is 36.8 Å². The quantitative estimate of drug-likeness (QED) is 0.860. The van der Waals surface area contributed by atoms with Crippen LogP contribution in [0.25, 0.3) is 0 Å². The Hall–Kier alpha value is -2.82. The lowest BCUT2D eigenvalue weighted by Crippen LogP contribution is -2.38. The molecule has 0 spiro atoms. The van der Waals surface area contributed by atoms with Crippen molar-refractivity contribution in [3.8, 4) is 5.75 Å².